The lowest BCUT2D eigenvalue weighted by Gasteiger charge is -2.35. The molecule has 4 rings (SSSR count). The molecule has 2 fully saturated rings. The Morgan fingerprint density at radius 1 is 1.12 bits per heavy atom. The van der Waals surface area contributed by atoms with Crippen LogP contribution in [0.1, 0.15) is 44.0 Å². The standard InChI is InChI=1S/C23H30N6O3/c1-15(2)19-14-32-23(31)29(19)20-6-11-25-22(27-20)26-16(3)17-7-12-28(13-8-17)21(30)18-4-9-24-10-5-18/h4-6,9-11,15-17,19H,7-8,12-14H2,1-3H3,(H,25,26,27)/t16?,19-/m1/s1. The second-order valence-electron chi connectivity index (χ2n) is 8.80. The minimum absolute atomic E-state index is 0.0371. The van der Waals surface area contributed by atoms with Gasteiger partial charge in [0.1, 0.15) is 12.4 Å². The van der Waals surface area contributed by atoms with Gasteiger partial charge in [-0.15, -0.1) is 0 Å². The van der Waals surface area contributed by atoms with Crippen LogP contribution in [-0.2, 0) is 4.74 Å². The van der Waals surface area contributed by atoms with Crippen molar-refractivity contribution in [3.05, 3.63) is 42.4 Å². The van der Waals surface area contributed by atoms with E-state index >= 15 is 0 Å². The molecule has 2 atom stereocenters. The van der Waals surface area contributed by atoms with Gasteiger partial charge >= 0.3 is 6.09 Å². The number of aromatic nitrogens is 3. The van der Waals surface area contributed by atoms with E-state index in [1.165, 1.54) is 0 Å². The monoisotopic (exact) mass is 438 g/mol. The Labute approximate surface area is 188 Å². The number of anilines is 2. The fourth-order valence-corrected chi connectivity index (χ4v) is 4.34. The van der Waals surface area contributed by atoms with Gasteiger partial charge in [0.25, 0.3) is 5.91 Å². The third-order valence-corrected chi connectivity index (χ3v) is 6.38. The number of hydrogen-bond acceptors (Lipinski definition) is 7. The summed E-state index contributed by atoms with van der Waals surface area (Å²) < 4.78 is 5.24. The van der Waals surface area contributed by atoms with E-state index in [4.69, 9.17) is 4.74 Å². The first-order valence-corrected chi connectivity index (χ1v) is 11.2. The highest BCUT2D eigenvalue weighted by molar-refractivity contribution is 5.94. The molecular formula is C23H30N6O3. The molecule has 0 aromatic carbocycles. The Balaban J connectivity index is 1.36. The lowest BCUT2D eigenvalue weighted by Crippen LogP contribution is -2.42. The van der Waals surface area contributed by atoms with Crippen LogP contribution in [0.25, 0.3) is 0 Å². The molecule has 170 valence electrons. The number of hydrogen-bond donors (Lipinski definition) is 1. The van der Waals surface area contributed by atoms with Crippen molar-refractivity contribution in [2.45, 2.75) is 45.7 Å². The zero-order valence-electron chi connectivity index (χ0n) is 18.8. The van der Waals surface area contributed by atoms with Gasteiger partial charge in [0.15, 0.2) is 0 Å². The predicted octanol–water partition coefficient (Wildman–Crippen LogP) is 3.21. The van der Waals surface area contributed by atoms with E-state index in [0.717, 1.165) is 12.8 Å². The van der Waals surface area contributed by atoms with Crippen LogP contribution in [0.3, 0.4) is 0 Å². The van der Waals surface area contributed by atoms with Gasteiger partial charge in [-0.3, -0.25) is 14.7 Å². The first kappa shape index (κ1) is 22.0. The smallest absolute Gasteiger partial charge is 0.415 e. The summed E-state index contributed by atoms with van der Waals surface area (Å²) in [6.07, 6.45) is 6.39. The summed E-state index contributed by atoms with van der Waals surface area (Å²) in [5.41, 5.74) is 0.676. The molecule has 0 radical (unpaired) electrons. The number of nitrogens with zero attached hydrogens (tertiary/aromatic N) is 5. The minimum Gasteiger partial charge on any atom is -0.447 e. The van der Waals surface area contributed by atoms with E-state index in [9.17, 15) is 9.59 Å². The Hall–Kier alpha value is -3.23. The molecule has 32 heavy (non-hydrogen) atoms. The Morgan fingerprint density at radius 2 is 1.84 bits per heavy atom. The normalized spacial score (nSPS) is 20.4. The van der Waals surface area contributed by atoms with Crippen molar-refractivity contribution in [2.75, 3.05) is 29.9 Å². The third-order valence-electron chi connectivity index (χ3n) is 6.38. The first-order valence-electron chi connectivity index (χ1n) is 11.2. The van der Waals surface area contributed by atoms with E-state index in [1.54, 1.807) is 41.7 Å². The minimum atomic E-state index is -0.368. The molecule has 2 aromatic rings. The molecule has 0 bridgehead atoms. The molecule has 2 aromatic heterocycles. The van der Waals surface area contributed by atoms with Crippen LogP contribution in [-0.4, -0.2) is 63.6 Å². The van der Waals surface area contributed by atoms with Crippen molar-refractivity contribution < 1.29 is 14.3 Å². The average molecular weight is 439 g/mol. The van der Waals surface area contributed by atoms with Gasteiger partial charge in [-0.2, -0.15) is 4.98 Å². The van der Waals surface area contributed by atoms with Gasteiger partial charge in [-0.05, 0) is 49.8 Å². The summed E-state index contributed by atoms with van der Waals surface area (Å²) in [6.45, 7) is 8.04. The largest absolute Gasteiger partial charge is 0.447 e. The maximum atomic E-state index is 12.7. The van der Waals surface area contributed by atoms with Crippen LogP contribution in [0.5, 0.6) is 0 Å². The fraction of sp³-hybridized carbons (Fsp3) is 0.522. The predicted molar refractivity (Wildman–Crippen MR) is 120 cm³/mol. The highest BCUT2D eigenvalue weighted by atomic mass is 16.6. The molecule has 9 nitrogen and oxygen atoms in total. The van der Waals surface area contributed by atoms with Crippen LogP contribution in [0, 0.1) is 11.8 Å². The molecule has 0 aliphatic carbocycles. The van der Waals surface area contributed by atoms with Gasteiger partial charge in [-0.25, -0.2) is 9.78 Å². The topological polar surface area (TPSA) is 101 Å². The van der Waals surface area contributed by atoms with E-state index in [-0.39, 0.29) is 30.0 Å². The molecule has 1 N–H and O–H groups in total. The van der Waals surface area contributed by atoms with Crippen LogP contribution >= 0.6 is 0 Å². The van der Waals surface area contributed by atoms with Gasteiger partial charge in [0.2, 0.25) is 5.95 Å². The highest BCUT2D eigenvalue weighted by Crippen LogP contribution is 2.27. The van der Waals surface area contributed by atoms with Crippen molar-refractivity contribution in [2.24, 2.45) is 11.8 Å². The van der Waals surface area contributed by atoms with Crippen molar-refractivity contribution in [3.63, 3.8) is 0 Å². The average Bonchev–Trinajstić information content (AvgIpc) is 3.21. The maximum Gasteiger partial charge on any atom is 0.415 e. The number of carbonyl (C=O) groups is 2. The number of piperidine rings is 1. The summed E-state index contributed by atoms with van der Waals surface area (Å²) in [4.78, 5) is 41.3. The summed E-state index contributed by atoms with van der Waals surface area (Å²) in [5, 5.41) is 3.40. The van der Waals surface area contributed by atoms with E-state index in [0.29, 0.717) is 42.9 Å². The maximum absolute atomic E-state index is 12.7. The lowest BCUT2D eigenvalue weighted by molar-refractivity contribution is 0.0683. The SMILES string of the molecule is CC(Nc1nccc(N2C(=O)OC[C@@H]2C(C)C)n1)C1CCN(C(=O)c2ccncc2)CC1. The molecule has 0 saturated carbocycles. The number of nitrogens with one attached hydrogen (secondary N) is 1. The fourth-order valence-electron chi connectivity index (χ4n) is 4.34. The van der Waals surface area contributed by atoms with Crippen LogP contribution in [0.15, 0.2) is 36.8 Å². The Bertz CT molecular complexity index is 946. The molecule has 0 spiro atoms. The highest BCUT2D eigenvalue weighted by Gasteiger charge is 2.37. The second kappa shape index (κ2) is 9.50. The second-order valence-corrected chi connectivity index (χ2v) is 8.80. The number of cyclic esters (lactones) is 1. The summed E-state index contributed by atoms with van der Waals surface area (Å²) >= 11 is 0. The summed E-state index contributed by atoms with van der Waals surface area (Å²) in [7, 11) is 0. The molecule has 1 unspecified atom stereocenters. The van der Waals surface area contributed by atoms with Crippen molar-refractivity contribution in [3.8, 4) is 0 Å². The van der Waals surface area contributed by atoms with Crippen molar-refractivity contribution in [1.82, 2.24) is 19.9 Å². The summed E-state index contributed by atoms with van der Waals surface area (Å²) in [6, 6.07) is 5.34. The number of amides is 2. The van der Waals surface area contributed by atoms with Gasteiger partial charge in [-0.1, -0.05) is 13.8 Å². The summed E-state index contributed by atoms with van der Waals surface area (Å²) in [5.74, 6) is 1.75. The number of carbonyl (C=O) groups excluding carboxylic acids is 2. The molecule has 2 aliphatic rings. The molecule has 2 aliphatic heterocycles. The molecule has 4 heterocycles. The number of pyridine rings is 1. The quantitative estimate of drug-likeness (QED) is 0.739. The van der Waals surface area contributed by atoms with Crippen molar-refractivity contribution >= 4 is 23.8 Å². The molecule has 9 heteroatoms. The van der Waals surface area contributed by atoms with Crippen LogP contribution < -0.4 is 10.2 Å². The van der Waals surface area contributed by atoms with Gasteiger partial charge in [0, 0.05) is 43.3 Å². The molecular weight excluding hydrogens is 408 g/mol. The van der Waals surface area contributed by atoms with Crippen LogP contribution in [0.2, 0.25) is 0 Å². The Kier molecular flexibility index (Phi) is 6.53. The Morgan fingerprint density at radius 3 is 2.53 bits per heavy atom. The number of likely N-dealkylation sites (tertiary alicyclic amines) is 1. The van der Waals surface area contributed by atoms with Crippen LogP contribution in [0.4, 0.5) is 16.6 Å². The molecule has 2 saturated heterocycles. The third kappa shape index (κ3) is 4.66. The van der Waals surface area contributed by atoms with Gasteiger partial charge in [0.05, 0.1) is 6.04 Å². The number of ether oxygens (including phenoxy) is 1. The molecule has 2 amide bonds. The van der Waals surface area contributed by atoms with Crippen molar-refractivity contribution in [1.29, 1.82) is 0 Å². The zero-order valence-corrected chi connectivity index (χ0v) is 18.8. The lowest BCUT2D eigenvalue weighted by atomic mass is 9.90. The zero-order chi connectivity index (χ0) is 22.7. The number of rotatable bonds is 6. The van der Waals surface area contributed by atoms with E-state index < -0.39 is 0 Å². The van der Waals surface area contributed by atoms with Gasteiger partial charge < -0.3 is 15.0 Å². The van der Waals surface area contributed by atoms with E-state index in [1.807, 2.05) is 4.90 Å². The first-order chi connectivity index (χ1) is 15.4. The van der Waals surface area contributed by atoms with E-state index in [2.05, 4.69) is 41.0 Å².